The van der Waals surface area contributed by atoms with Gasteiger partial charge in [-0.1, -0.05) is 26.0 Å². The maximum atomic E-state index is 12.4. The number of nitrogens with one attached hydrogen (secondary N) is 1. The second-order valence-corrected chi connectivity index (χ2v) is 7.49. The lowest BCUT2D eigenvalue weighted by molar-refractivity contribution is 0.438. The summed E-state index contributed by atoms with van der Waals surface area (Å²) in [5, 5.41) is 26.9. The zero-order valence-corrected chi connectivity index (χ0v) is 16.1. The van der Waals surface area contributed by atoms with Crippen LogP contribution in [0, 0.1) is 0 Å². The van der Waals surface area contributed by atoms with Crippen molar-refractivity contribution < 1.29 is 10.2 Å². The Morgan fingerprint density at radius 2 is 2.00 bits per heavy atom. The van der Waals surface area contributed by atoms with E-state index in [9.17, 15) is 15.0 Å². The van der Waals surface area contributed by atoms with E-state index in [1.807, 2.05) is 19.9 Å². The second kappa shape index (κ2) is 6.70. The molecule has 0 bridgehead atoms. The van der Waals surface area contributed by atoms with E-state index in [4.69, 9.17) is 0 Å². The second-order valence-electron chi connectivity index (χ2n) is 7.49. The SMILES string of the molecule is CC(C)c1nc(-c2n[nH]c(=O)n2Cc2ccc3c(c2)N(C)CC3)c(O)cc1O. The van der Waals surface area contributed by atoms with Crippen molar-refractivity contribution in [3.05, 3.63) is 51.6 Å². The molecule has 146 valence electrons. The molecule has 28 heavy (non-hydrogen) atoms. The molecule has 3 N–H and O–H groups in total. The van der Waals surface area contributed by atoms with Crippen LogP contribution in [0.15, 0.2) is 29.1 Å². The first-order valence-electron chi connectivity index (χ1n) is 9.26. The number of nitrogens with zero attached hydrogens (tertiary/aromatic N) is 4. The number of pyridine rings is 1. The average Bonchev–Trinajstić information content (AvgIpc) is 3.19. The minimum atomic E-state index is -0.385. The standard InChI is InChI=1S/C20H23N5O3/c1-11(2)17-15(26)9-16(27)18(21-17)19-22-23-20(28)25(19)10-12-4-5-13-6-7-24(3)14(13)8-12/h4-5,8-9,11,26-27H,6-7,10H2,1-3H3,(H,23,28). The highest BCUT2D eigenvalue weighted by molar-refractivity contribution is 5.62. The van der Waals surface area contributed by atoms with Gasteiger partial charge in [-0.2, -0.15) is 5.10 Å². The Balaban J connectivity index is 1.77. The van der Waals surface area contributed by atoms with Gasteiger partial charge >= 0.3 is 5.69 Å². The lowest BCUT2D eigenvalue weighted by atomic mass is 10.1. The normalized spacial score (nSPS) is 13.4. The van der Waals surface area contributed by atoms with Crippen LogP contribution in [0.5, 0.6) is 11.5 Å². The summed E-state index contributed by atoms with van der Waals surface area (Å²) in [7, 11) is 2.05. The van der Waals surface area contributed by atoms with Crippen molar-refractivity contribution in [2.75, 3.05) is 18.5 Å². The third-order valence-electron chi connectivity index (χ3n) is 5.15. The Morgan fingerprint density at radius 1 is 1.21 bits per heavy atom. The molecule has 1 aromatic carbocycles. The fourth-order valence-corrected chi connectivity index (χ4v) is 3.61. The smallest absolute Gasteiger partial charge is 0.343 e. The van der Waals surface area contributed by atoms with E-state index in [-0.39, 0.29) is 34.6 Å². The van der Waals surface area contributed by atoms with Gasteiger partial charge in [0.05, 0.1) is 12.2 Å². The molecule has 0 atom stereocenters. The fraction of sp³-hybridized carbons (Fsp3) is 0.350. The molecule has 0 amide bonds. The van der Waals surface area contributed by atoms with Gasteiger partial charge in [0.2, 0.25) is 0 Å². The minimum absolute atomic E-state index is 0.0503. The lowest BCUT2D eigenvalue weighted by Gasteiger charge is -2.14. The average molecular weight is 381 g/mol. The third-order valence-corrected chi connectivity index (χ3v) is 5.15. The summed E-state index contributed by atoms with van der Waals surface area (Å²) in [6.45, 7) is 5.06. The van der Waals surface area contributed by atoms with Gasteiger partial charge in [0.25, 0.3) is 0 Å². The summed E-state index contributed by atoms with van der Waals surface area (Å²) in [4.78, 5) is 19.0. The zero-order chi connectivity index (χ0) is 20.0. The molecule has 3 aromatic rings. The first-order chi connectivity index (χ1) is 13.3. The topological polar surface area (TPSA) is 107 Å². The number of aromatic hydroxyl groups is 2. The van der Waals surface area contributed by atoms with Gasteiger partial charge in [-0.15, -0.1) is 0 Å². The summed E-state index contributed by atoms with van der Waals surface area (Å²) >= 11 is 0. The molecule has 4 rings (SSSR count). The summed E-state index contributed by atoms with van der Waals surface area (Å²) in [5.74, 6) is -0.123. The van der Waals surface area contributed by atoms with E-state index in [1.165, 1.54) is 21.9 Å². The predicted octanol–water partition coefficient (Wildman–Crippen LogP) is 2.21. The number of anilines is 1. The van der Waals surface area contributed by atoms with Crippen LogP contribution in [0.2, 0.25) is 0 Å². The summed E-state index contributed by atoms with van der Waals surface area (Å²) in [5.41, 5.74) is 3.64. The summed E-state index contributed by atoms with van der Waals surface area (Å²) in [6.07, 6.45) is 1.02. The minimum Gasteiger partial charge on any atom is -0.506 e. The van der Waals surface area contributed by atoms with Crippen molar-refractivity contribution in [2.24, 2.45) is 0 Å². The summed E-state index contributed by atoms with van der Waals surface area (Å²) in [6, 6.07) is 7.41. The van der Waals surface area contributed by atoms with Gasteiger partial charge in [-0.3, -0.25) is 4.57 Å². The van der Waals surface area contributed by atoms with Gasteiger partial charge in [0.1, 0.15) is 17.2 Å². The number of H-pyrrole nitrogens is 1. The lowest BCUT2D eigenvalue weighted by Crippen LogP contribution is -2.19. The maximum absolute atomic E-state index is 12.4. The van der Waals surface area contributed by atoms with Crippen molar-refractivity contribution in [1.82, 2.24) is 19.7 Å². The van der Waals surface area contributed by atoms with Crippen LogP contribution in [0.3, 0.4) is 0 Å². The van der Waals surface area contributed by atoms with Gasteiger partial charge in [0.15, 0.2) is 5.82 Å². The Hall–Kier alpha value is -3.29. The largest absolute Gasteiger partial charge is 0.506 e. The molecule has 0 saturated heterocycles. The molecule has 0 spiro atoms. The summed E-state index contributed by atoms with van der Waals surface area (Å²) < 4.78 is 1.44. The van der Waals surface area contributed by atoms with Crippen LogP contribution < -0.4 is 10.6 Å². The molecule has 2 aromatic heterocycles. The molecule has 0 fully saturated rings. The van der Waals surface area contributed by atoms with Crippen molar-refractivity contribution >= 4 is 5.69 Å². The first kappa shape index (κ1) is 18.1. The van der Waals surface area contributed by atoms with Gasteiger partial charge < -0.3 is 15.1 Å². The molecule has 8 heteroatoms. The van der Waals surface area contributed by atoms with E-state index < -0.39 is 0 Å². The van der Waals surface area contributed by atoms with Gasteiger partial charge in [-0.25, -0.2) is 14.9 Å². The van der Waals surface area contributed by atoms with E-state index >= 15 is 0 Å². The molecule has 1 aliphatic heterocycles. The highest BCUT2D eigenvalue weighted by Gasteiger charge is 2.21. The van der Waals surface area contributed by atoms with E-state index in [1.54, 1.807) is 0 Å². The highest BCUT2D eigenvalue weighted by Crippen LogP contribution is 2.34. The monoisotopic (exact) mass is 381 g/mol. The molecule has 8 nitrogen and oxygen atoms in total. The van der Waals surface area contributed by atoms with Crippen LogP contribution in [0.4, 0.5) is 5.69 Å². The van der Waals surface area contributed by atoms with Crippen LogP contribution in [0.25, 0.3) is 11.5 Å². The van der Waals surface area contributed by atoms with Crippen molar-refractivity contribution in [2.45, 2.75) is 32.7 Å². The third kappa shape index (κ3) is 3.00. The van der Waals surface area contributed by atoms with Crippen LogP contribution in [0.1, 0.15) is 36.6 Å². The van der Waals surface area contributed by atoms with Gasteiger partial charge in [0, 0.05) is 25.3 Å². The van der Waals surface area contributed by atoms with Crippen LogP contribution in [-0.4, -0.2) is 43.6 Å². The molecule has 0 saturated carbocycles. The zero-order valence-electron chi connectivity index (χ0n) is 16.1. The number of likely N-dealkylation sites (N-methyl/N-ethyl adjacent to an activating group) is 1. The predicted molar refractivity (Wildman–Crippen MR) is 106 cm³/mol. The van der Waals surface area contributed by atoms with E-state index in [0.29, 0.717) is 12.2 Å². The molecule has 3 heterocycles. The van der Waals surface area contributed by atoms with E-state index in [2.05, 4.69) is 39.3 Å². The van der Waals surface area contributed by atoms with Gasteiger partial charge in [-0.05, 0) is 29.5 Å². The van der Waals surface area contributed by atoms with Crippen molar-refractivity contribution in [1.29, 1.82) is 0 Å². The number of rotatable bonds is 4. The molecule has 0 radical (unpaired) electrons. The number of hydrogen-bond acceptors (Lipinski definition) is 6. The van der Waals surface area contributed by atoms with Crippen LogP contribution in [-0.2, 0) is 13.0 Å². The molecule has 0 unspecified atom stereocenters. The number of fused-ring (bicyclic) bond motifs is 1. The Labute approximate surface area is 162 Å². The number of aromatic amines is 1. The number of hydrogen-bond donors (Lipinski definition) is 3. The maximum Gasteiger partial charge on any atom is 0.343 e. The molecule has 1 aliphatic rings. The quantitative estimate of drug-likeness (QED) is 0.640. The Bertz CT molecular complexity index is 1100. The molecular formula is C20H23N5O3. The number of benzene rings is 1. The molecular weight excluding hydrogens is 358 g/mol. The first-order valence-corrected chi connectivity index (χ1v) is 9.26. The molecule has 0 aliphatic carbocycles. The Morgan fingerprint density at radius 3 is 2.75 bits per heavy atom. The van der Waals surface area contributed by atoms with Crippen LogP contribution >= 0.6 is 0 Å². The highest BCUT2D eigenvalue weighted by atomic mass is 16.3. The fourth-order valence-electron chi connectivity index (χ4n) is 3.61. The van der Waals surface area contributed by atoms with Crippen molar-refractivity contribution in [3.63, 3.8) is 0 Å². The Kier molecular flexibility index (Phi) is 4.33. The van der Waals surface area contributed by atoms with Crippen molar-refractivity contribution in [3.8, 4) is 23.0 Å². The van der Waals surface area contributed by atoms with E-state index in [0.717, 1.165) is 18.5 Å². The number of aromatic nitrogens is 4.